The van der Waals surface area contributed by atoms with E-state index < -0.39 is 11.9 Å². The van der Waals surface area contributed by atoms with Gasteiger partial charge in [0.15, 0.2) is 12.4 Å². The van der Waals surface area contributed by atoms with E-state index in [0.29, 0.717) is 5.70 Å². The molecule has 1 aromatic heterocycles. The van der Waals surface area contributed by atoms with Crippen LogP contribution in [-0.2, 0) is 16.3 Å². The molecule has 0 unspecified atom stereocenters. The minimum Gasteiger partial charge on any atom is -0.471 e. The number of benzene rings is 1. The fraction of sp³-hybridized carbons (Fsp3) is 0.316. The Morgan fingerprint density at radius 1 is 1.27 bits per heavy atom. The van der Waals surface area contributed by atoms with Crippen molar-refractivity contribution in [3.63, 3.8) is 0 Å². The summed E-state index contributed by atoms with van der Waals surface area (Å²) in [6.45, 7) is 7.79. The van der Waals surface area contributed by atoms with Gasteiger partial charge in [0.25, 0.3) is 5.91 Å². The van der Waals surface area contributed by atoms with E-state index in [1.165, 1.54) is 16.3 Å². The van der Waals surface area contributed by atoms with Gasteiger partial charge in [-0.1, -0.05) is 17.7 Å². The molecule has 26 heavy (non-hydrogen) atoms. The van der Waals surface area contributed by atoms with Crippen molar-refractivity contribution in [2.24, 2.45) is 0 Å². The maximum atomic E-state index is 12.2. The monoisotopic (exact) mass is 357 g/mol. The van der Waals surface area contributed by atoms with Crippen LogP contribution >= 0.6 is 0 Å². The quantitative estimate of drug-likeness (QED) is 0.609. The maximum Gasteiger partial charge on any atom is 0.332 e. The highest BCUT2D eigenvalue weighted by Crippen LogP contribution is 2.19. The summed E-state index contributed by atoms with van der Waals surface area (Å²) in [5.74, 6) is -0.142. The molecule has 0 fully saturated rings. The van der Waals surface area contributed by atoms with Gasteiger partial charge in [0.2, 0.25) is 0 Å². The minimum absolute atomic E-state index is 0.189. The van der Waals surface area contributed by atoms with Gasteiger partial charge in [0.05, 0.1) is 6.61 Å². The molecule has 1 N–H and O–H groups in total. The lowest BCUT2D eigenvalue weighted by Gasteiger charge is -2.09. The number of nitrogens with zero attached hydrogens (tertiary/aromatic N) is 2. The van der Waals surface area contributed by atoms with Crippen molar-refractivity contribution in [1.29, 1.82) is 0 Å². The van der Waals surface area contributed by atoms with Crippen molar-refractivity contribution < 1.29 is 19.1 Å². The highest BCUT2D eigenvalue weighted by Gasteiger charge is 2.11. The standard InChI is InChI=1S/C19H23N3O4/c1-5-25-18(23)11-15(4)20-19(24)16-8-9-22(21-16)12-26-17-7-6-13(2)10-14(17)3/h6-11H,5,12H2,1-4H3,(H,20,24)/b15-11+. The SMILES string of the molecule is CCOC(=O)/C=C(\C)NC(=O)c1ccn(COc2ccc(C)cc2C)n1. The molecule has 0 saturated carbocycles. The third kappa shape index (κ3) is 5.47. The van der Waals surface area contributed by atoms with Crippen LogP contribution in [-0.4, -0.2) is 28.3 Å². The smallest absolute Gasteiger partial charge is 0.332 e. The molecule has 1 heterocycles. The summed E-state index contributed by atoms with van der Waals surface area (Å²) in [5, 5.41) is 6.77. The first-order valence-electron chi connectivity index (χ1n) is 8.29. The Bertz CT molecular complexity index is 824. The molecule has 1 aromatic carbocycles. The van der Waals surface area contributed by atoms with Crippen molar-refractivity contribution in [2.75, 3.05) is 6.61 Å². The maximum absolute atomic E-state index is 12.2. The number of nitrogens with one attached hydrogen (secondary N) is 1. The van der Waals surface area contributed by atoms with Gasteiger partial charge >= 0.3 is 5.97 Å². The normalized spacial score (nSPS) is 11.2. The van der Waals surface area contributed by atoms with Gasteiger partial charge in [-0.15, -0.1) is 0 Å². The highest BCUT2D eigenvalue weighted by molar-refractivity contribution is 5.94. The molecule has 0 radical (unpaired) electrons. The molecule has 0 atom stereocenters. The molecular formula is C19H23N3O4. The number of carbonyl (C=O) groups is 2. The van der Waals surface area contributed by atoms with E-state index in [9.17, 15) is 9.59 Å². The van der Waals surface area contributed by atoms with Gasteiger partial charge in [-0.25, -0.2) is 9.48 Å². The average molecular weight is 357 g/mol. The van der Waals surface area contributed by atoms with Gasteiger partial charge in [0, 0.05) is 18.0 Å². The van der Waals surface area contributed by atoms with Crippen molar-refractivity contribution >= 4 is 11.9 Å². The molecule has 0 aliphatic heterocycles. The molecule has 7 nitrogen and oxygen atoms in total. The summed E-state index contributed by atoms with van der Waals surface area (Å²) >= 11 is 0. The zero-order valence-corrected chi connectivity index (χ0v) is 15.4. The minimum atomic E-state index is -0.502. The van der Waals surface area contributed by atoms with Gasteiger partial charge in [-0.2, -0.15) is 5.10 Å². The molecule has 1 amide bonds. The van der Waals surface area contributed by atoms with Crippen LogP contribution < -0.4 is 10.1 Å². The number of carbonyl (C=O) groups excluding carboxylic acids is 2. The van der Waals surface area contributed by atoms with E-state index in [1.54, 1.807) is 26.1 Å². The van der Waals surface area contributed by atoms with Crippen LogP contribution in [0.15, 0.2) is 42.2 Å². The predicted molar refractivity (Wildman–Crippen MR) is 96.6 cm³/mol. The van der Waals surface area contributed by atoms with Crippen LogP contribution in [0.25, 0.3) is 0 Å². The summed E-state index contributed by atoms with van der Waals surface area (Å²) in [5.41, 5.74) is 2.81. The second-order valence-electron chi connectivity index (χ2n) is 5.82. The first kappa shape index (κ1) is 19.2. The molecule has 2 rings (SSSR count). The topological polar surface area (TPSA) is 82.5 Å². The molecule has 138 valence electrons. The molecule has 0 aliphatic carbocycles. The Morgan fingerprint density at radius 3 is 2.73 bits per heavy atom. The van der Waals surface area contributed by atoms with Crippen LogP contribution in [0.1, 0.15) is 35.5 Å². The van der Waals surface area contributed by atoms with Crippen LogP contribution in [0.5, 0.6) is 5.75 Å². The van der Waals surface area contributed by atoms with Gasteiger partial charge in [-0.05, 0) is 45.4 Å². The van der Waals surface area contributed by atoms with E-state index in [1.807, 2.05) is 32.0 Å². The highest BCUT2D eigenvalue weighted by atomic mass is 16.5. The summed E-state index contributed by atoms with van der Waals surface area (Å²) in [7, 11) is 0. The number of rotatable bonds is 7. The fourth-order valence-corrected chi connectivity index (χ4v) is 2.29. The molecule has 0 saturated heterocycles. The van der Waals surface area contributed by atoms with Crippen LogP contribution in [0.4, 0.5) is 0 Å². The molecule has 0 aliphatic rings. The number of aromatic nitrogens is 2. The number of amides is 1. The second kappa shape index (κ2) is 8.84. The summed E-state index contributed by atoms with van der Waals surface area (Å²) in [6, 6.07) is 7.50. The predicted octanol–water partition coefficient (Wildman–Crippen LogP) is 2.73. The first-order chi connectivity index (χ1) is 12.4. The van der Waals surface area contributed by atoms with Crippen molar-refractivity contribution in [3.8, 4) is 5.75 Å². The number of hydrogen-bond donors (Lipinski definition) is 1. The van der Waals surface area contributed by atoms with Gasteiger partial charge < -0.3 is 14.8 Å². The van der Waals surface area contributed by atoms with Crippen molar-refractivity contribution in [2.45, 2.75) is 34.4 Å². The Kier molecular flexibility index (Phi) is 6.54. The lowest BCUT2D eigenvalue weighted by atomic mass is 10.1. The lowest BCUT2D eigenvalue weighted by molar-refractivity contribution is -0.137. The summed E-state index contributed by atoms with van der Waals surface area (Å²) in [4.78, 5) is 23.5. The Labute approximate surface area is 152 Å². The van der Waals surface area contributed by atoms with Gasteiger partial charge in [-0.3, -0.25) is 4.79 Å². The van der Waals surface area contributed by atoms with E-state index >= 15 is 0 Å². The molecule has 0 bridgehead atoms. The molecule has 0 spiro atoms. The van der Waals surface area contributed by atoms with E-state index in [2.05, 4.69) is 10.4 Å². The Morgan fingerprint density at radius 2 is 2.04 bits per heavy atom. The fourth-order valence-electron chi connectivity index (χ4n) is 2.29. The third-order valence-corrected chi connectivity index (χ3v) is 3.49. The second-order valence-corrected chi connectivity index (χ2v) is 5.82. The number of ether oxygens (including phenoxy) is 2. The van der Waals surface area contributed by atoms with E-state index in [-0.39, 0.29) is 19.0 Å². The largest absolute Gasteiger partial charge is 0.471 e. The molecular weight excluding hydrogens is 334 g/mol. The van der Waals surface area contributed by atoms with Gasteiger partial charge in [0.1, 0.15) is 5.75 Å². The summed E-state index contributed by atoms with van der Waals surface area (Å²) < 4.78 is 12.0. The summed E-state index contributed by atoms with van der Waals surface area (Å²) in [6.07, 6.45) is 2.88. The number of allylic oxidation sites excluding steroid dienone is 1. The number of hydrogen-bond acceptors (Lipinski definition) is 5. The van der Waals surface area contributed by atoms with E-state index in [0.717, 1.165) is 11.3 Å². The van der Waals surface area contributed by atoms with Crippen molar-refractivity contribution in [1.82, 2.24) is 15.1 Å². The average Bonchev–Trinajstić information content (AvgIpc) is 3.03. The lowest BCUT2D eigenvalue weighted by Crippen LogP contribution is -2.23. The Hall–Kier alpha value is -3.09. The van der Waals surface area contributed by atoms with E-state index in [4.69, 9.17) is 9.47 Å². The Balaban J connectivity index is 1.94. The van der Waals surface area contributed by atoms with Crippen LogP contribution in [0.2, 0.25) is 0 Å². The van der Waals surface area contributed by atoms with Crippen LogP contribution in [0, 0.1) is 13.8 Å². The molecule has 2 aromatic rings. The zero-order valence-electron chi connectivity index (χ0n) is 15.4. The number of esters is 1. The first-order valence-corrected chi connectivity index (χ1v) is 8.29. The third-order valence-electron chi connectivity index (χ3n) is 3.49. The number of aryl methyl sites for hydroxylation is 2. The molecule has 7 heteroatoms. The van der Waals surface area contributed by atoms with Crippen molar-refractivity contribution in [3.05, 3.63) is 59.1 Å². The van der Waals surface area contributed by atoms with Crippen LogP contribution in [0.3, 0.4) is 0 Å². The zero-order chi connectivity index (χ0) is 19.1.